The topological polar surface area (TPSA) is 81.5 Å². The predicted molar refractivity (Wildman–Crippen MR) is 76.2 cm³/mol. The van der Waals surface area contributed by atoms with Crippen molar-refractivity contribution in [3.8, 4) is 5.75 Å². The molecule has 0 aliphatic carbocycles. The number of carbonyl (C=O) groups excluding carboxylic acids is 1. The Balaban J connectivity index is 1.73. The van der Waals surface area contributed by atoms with Gasteiger partial charge in [0.2, 0.25) is 5.82 Å². The fourth-order valence-corrected chi connectivity index (χ4v) is 2.28. The number of anilines is 1. The van der Waals surface area contributed by atoms with E-state index in [1.165, 1.54) is 6.07 Å². The van der Waals surface area contributed by atoms with Crippen molar-refractivity contribution >= 4 is 17.3 Å². The van der Waals surface area contributed by atoms with Gasteiger partial charge in [0.1, 0.15) is 5.75 Å². The van der Waals surface area contributed by atoms with Crippen molar-refractivity contribution in [1.82, 2.24) is 0 Å². The fraction of sp³-hybridized carbons (Fsp3) is 0.133. The van der Waals surface area contributed by atoms with E-state index in [1.54, 1.807) is 6.07 Å². The Labute approximate surface area is 124 Å². The first-order valence-electron chi connectivity index (χ1n) is 6.54. The third-order valence-corrected chi connectivity index (χ3v) is 3.35. The number of fused-ring (bicyclic) bond motifs is 1. The average Bonchev–Trinajstić information content (AvgIpc) is 2.93. The van der Waals surface area contributed by atoms with Crippen molar-refractivity contribution in [3.05, 3.63) is 64.0 Å². The highest BCUT2D eigenvalue weighted by Crippen LogP contribution is 2.29. The normalized spacial score (nSPS) is 15.8. The highest BCUT2D eigenvalue weighted by molar-refractivity contribution is 5.95. The number of rotatable bonds is 3. The van der Waals surface area contributed by atoms with E-state index in [-0.39, 0.29) is 5.69 Å². The molecule has 1 amide bonds. The highest BCUT2D eigenvalue weighted by atomic mass is 19.1. The second-order valence-electron chi connectivity index (χ2n) is 4.83. The molecule has 112 valence electrons. The molecule has 0 radical (unpaired) electrons. The maximum Gasteiger partial charge on any atom is 0.306 e. The van der Waals surface area contributed by atoms with Gasteiger partial charge < -0.3 is 10.1 Å². The molecule has 1 unspecified atom stereocenters. The minimum atomic E-state index is -0.951. The summed E-state index contributed by atoms with van der Waals surface area (Å²) in [5.74, 6) is -0.739. The molecule has 0 saturated heterocycles. The summed E-state index contributed by atoms with van der Waals surface area (Å²) in [5.41, 5.74) is 0.388. The first-order chi connectivity index (χ1) is 10.5. The molecule has 1 heterocycles. The van der Waals surface area contributed by atoms with Gasteiger partial charge in [-0.05, 0) is 23.8 Å². The molecule has 1 atom stereocenters. The number of carbonyl (C=O) groups is 1. The number of hydrogen-bond acceptors (Lipinski definition) is 4. The van der Waals surface area contributed by atoms with Crippen molar-refractivity contribution in [3.63, 3.8) is 0 Å². The van der Waals surface area contributed by atoms with Crippen LogP contribution in [0.1, 0.15) is 5.56 Å². The zero-order valence-electron chi connectivity index (χ0n) is 11.3. The molecule has 2 aromatic rings. The molecule has 0 spiro atoms. The largest absolute Gasteiger partial charge is 0.480 e. The van der Waals surface area contributed by atoms with Gasteiger partial charge in [0.25, 0.3) is 5.91 Å². The highest BCUT2D eigenvalue weighted by Gasteiger charge is 2.29. The number of nitrogens with one attached hydrogen (secondary N) is 1. The van der Waals surface area contributed by atoms with E-state index in [4.69, 9.17) is 4.74 Å². The van der Waals surface area contributed by atoms with E-state index in [2.05, 4.69) is 5.32 Å². The van der Waals surface area contributed by atoms with Crippen LogP contribution >= 0.6 is 0 Å². The molecule has 1 aliphatic heterocycles. The van der Waals surface area contributed by atoms with E-state index < -0.39 is 28.4 Å². The SMILES string of the molecule is O=C(Nc1ccc(F)c([N+](=O)[O-])c1)C1Cc2ccccc2O1. The Morgan fingerprint density at radius 1 is 1.32 bits per heavy atom. The van der Waals surface area contributed by atoms with Gasteiger partial charge in [-0.15, -0.1) is 0 Å². The van der Waals surface area contributed by atoms with Crippen molar-refractivity contribution in [2.45, 2.75) is 12.5 Å². The lowest BCUT2D eigenvalue weighted by molar-refractivity contribution is -0.387. The maximum absolute atomic E-state index is 13.3. The molecular formula is C15H11FN2O4. The Morgan fingerprint density at radius 2 is 2.09 bits per heavy atom. The quantitative estimate of drug-likeness (QED) is 0.698. The molecule has 0 aromatic heterocycles. The number of nitro groups is 1. The van der Waals surface area contributed by atoms with E-state index in [9.17, 15) is 19.3 Å². The van der Waals surface area contributed by atoms with Crippen molar-refractivity contribution < 1.29 is 18.8 Å². The Kier molecular flexibility index (Phi) is 3.46. The Hall–Kier alpha value is -2.96. The zero-order chi connectivity index (χ0) is 15.7. The summed E-state index contributed by atoms with van der Waals surface area (Å²) in [6, 6.07) is 10.5. The molecule has 3 rings (SSSR count). The molecule has 7 heteroatoms. The van der Waals surface area contributed by atoms with E-state index in [0.717, 1.165) is 17.7 Å². The molecule has 22 heavy (non-hydrogen) atoms. The van der Waals surface area contributed by atoms with Crippen molar-refractivity contribution in [2.75, 3.05) is 5.32 Å². The second-order valence-corrected chi connectivity index (χ2v) is 4.83. The molecule has 1 aliphatic rings. The first kappa shape index (κ1) is 14.0. The number of amides is 1. The van der Waals surface area contributed by atoms with Crippen LogP contribution in [0.2, 0.25) is 0 Å². The minimum Gasteiger partial charge on any atom is -0.480 e. The lowest BCUT2D eigenvalue weighted by atomic mass is 10.1. The summed E-state index contributed by atoms with van der Waals surface area (Å²) < 4.78 is 18.8. The van der Waals surface area contributed by atoms with Crippen LogP contribution in [0.3, 0.4) is 0 Å². The van der Waals surface area contributed by atoms with Gasteiger partial charge in [-0.2, -0.15) is 4.39 Å². The summed E-state index contributed by atoms with van der Waals surface area (Å²) in [6.07, 6.45) is -0.285. The zero-order valence-corrected chi connectivity index (χ0v) is 11.3. The Bertz CT molecular complexity index is 738. The van der Waals surface area contributed by atoms with Gasteiger partial charge in [0.15, 0.2) is 6.10 Å². The number of nitrogens with zero attached hydrogens (tertiary/aromatic N) is 1. The van der Waals surface area contributed by atoms with Crippen LogP contribution < -0.4 is 10.1 Å². The average molecular weight is 302 g/mol. The molecular weight excluding hydrogens is 291 g/mol. The third kappa shape index (κ3) is 2.60. The van der Waals surface area contributed by atoms with Gasteiger partial charge in [-0.1, -0.05) is 18.2 Å². The lowest BCUT2D eigenvalue weighted by Crippen LogP contribution is -2.31. The number of hydrogen-bond donors (Lipinski definition) is 1. The number of benzene rings is 2. The standard InChI is InChI=1S/C15H11FN2O4/c16-11-6-5-10(8-12(11)18(20)21)17-15(19)14-7-9-3-1-2-4-13(9)22-14/h1-6,8,14H,7H2,(H,17,19). The monoisotopic (exact) mass is 302 g/mol. The van der Waals surface area contributed by atoms with Gasteiger partial charge in [-0.3, -0.25) is 14.9 Å². The van der Waals surface area contributed by atoms with E-state index in [1.807, 2.05) is 18.2 Å². The van der Waals surface area contributed by atoms with Crippen molar-refractivity contribution in [2.24, 2.45) is 0 Å². The smallest absolute Gasteiger partial charge is 0.306 e. The van der Waals surface area contributed by atoms with Crippen LogP contribution in [-0.2, 0) is 11.2 Å². The van der Waals surface area contributed by atoms with Gasteiger partial charge in [0, 0.05) is 18.2 Å². The van der Waals surface area contributed by atoms with Crippen LogP contribution in [0.25, 0.3) is 0 Å². The van der Waals surface area contributed by atoms with E-state index in [0.29, 0.717) is 12.2 Å². The number of halogens is 1. The van der Waals surface area contributed by atoms with E-state index >= 15 is 0 Å². The number of nitro benzene ring substituents is 1. The fourth-order valence-electron chi connectivity index (χ4n) is 2.28. The summed E-state index contributed by atoms with van der Waals surface area (Å²) in [7, 11) is 0. The maximum atomic E-state index is 13.3. The number of para-hydroxylation sites is 1. The Morgan fingerprint density at radius 3 is 2.82 bits per heavy atom. The van der Waals surface area contributed by atoms with Crippen LogP contribution in [-0.4, -0.2) is 16.9 Å². The predicted octanol–water partition coefficient (Wildman–Crippen LogP) is 2.68. The lowest BCUT2D eigenvalue weighted by Gasteiger charge is -2.11. The third-order valence-electron chi connectivity index (χ3n) is 3.35. The van der Waals surface area contributed by atoms with Crippen LogP contribution in [0.15, 0.2) is 42.5 Å². The van der Waals surface area contributed by atoms with Gasteiger partial charge >= 0.3 is 5.69 Å². The second kappa shape index (κ2) is 5.44. The molecule has 0 saturated carbocycles. The number of ether oxygens (including phenoxy) is 1. The van der Waals surface area contributed by atoms with Crippen LogP contribution in [0, 0.1) is 15.9 Å². The molecule has 6 nitrogen and oxygen atoms in total. The molecule has 0 bridgehead atoms. The van der Waals surface area contributed by atoms with Crippen LogP contribution in [0.4, 0.5) is 15.8 Å². The first-order valence-corrected chi connectivity index (χ1v) is 6.54. The summed E-state index contributed by atoms with van der Waals surface area (Å²) in [6.45, 7) is 0. The van der Waals surface area contributed by atoms with Gasteiger partial charge in [-0.25, -0.2) is 0 Å². The minimum absolute atomic E-state index is 0.151. The van der Waals surface area contributed by atoms with Crippen molar-refractivity contribution in [1.29, 1.82) is 0 Å². The summed E-state index contributed by atoms with van der Waals surface area (Å²) in [4.78, 5) is 22.0. The van der Waals surface area contributed by atoms with Crippen LogP contribution in [0.5, 0.6) is 5.75 Å². The molecule has 1 N–H and O–H groups in total. The van der Waals surface area contributed by atoms with Gasteiger partial charge in [0.05, 0.1) is 4.92 Å². The summed E-state index contributed by atoms with van der Waals surface area (Å²) in [5, 5.41) is 13.2. The molecule has 2 aromatic carbocycles. The molecule has 0 fully saturated rings. The summed E-state index contributed by atoms with van der Waals surface area (Å²) >= 11 is 0.